The fourth-order valence-electron chi connectivity index (χ4n) is 7.09. The number of fused-ring (bicyclic) bond motifs is 1. The maximum absolute atomic E-state index is 14.8. The van der Waals surface area contributed by atoms with Crippen LogP contribution >= 0.6 is 0 Å². The number of alkyl halides is 2. The number of nitrogens with zero attached hydrogens (tertiary/aromatic N) is 3. The summed E-state index contributed by atoms with van der Waals surface area (Å²) in [4.78, 5) is 32.6. The highest BCUT2D eigenvalue weighted by molar-refractivity contribution is 6.07. The second kappa shape index (κ2) is 16.0. The van der Waals surface area contributed by atoms with E-state index < -0.39 is 6.61 Å². The molecule has 2 aliphatic heterocycles. The Labute approximate surface area is 307 Å². The van der Waals surface area contributed by atoms with E-state index in [4.69, 9.17) is 14.2 Å². The predicted molar refractivity (Wildman–Crippen MR) is 198 cm³/mol. The summed E-state index contributed by atoms with van der Waals surface area (Å²) in [6.45, 7) is 3.02. The minimum absolute atomic E-state index is 0.116. The van der Waals surface area contributed by atoms with Gasteiger partial charge in [-0.15, -0.1) is 0 Å². The molecular formula is C42H42F2N4O5. The number of carbonyl (C=O) groups is 2. The molecule has 0 radical (unpaired) electrons. The molecule has 0 aliphatic carbocycles. The van der Waals surface area contributed by atoms with Crippen molar-refractivity contribution in [2.75, 3.05) is 38.2 Å². The minimum Gasteiger partial charge on any atom is -0.489 e. The maximum atomic E-state index is 14.8. The van der Waals surface area contributed by atoms with Gasteiger partial charge in [0.2, 0.25) is 0 Å². The molecule has 0 saturated carbocycles. The summed E-state index contributed by atoms with van der Waals surface area (Å²) in [5.41, 5.74) is 6.27. The smallest absolute Gasteiger partial charge is 0.387 e. The van der Waals surface area contributed by atoms with E-state index in [9.17, 15) is 18.4 Å². The molecule has 4 aromatic carbocycles. The van der Waals surface area contributed by atoms with Crippen molar-refractivity contribution in [1.29, 1.82) is 0 Å². The zero-order chi connectivity index (χ0) is 36.9. The van der Waals surface area contributed by atoms with E-state index in [1.54, 1.807) is 36.4 Å². The van der Waals surface area contributed by atoms with Crippen molar-refractivity contribution in [3.8, 4) is 22.8 Å². The number of anilines is 1. The van der Waals surface area contributed by atoms with Gasteiger partial charge in [-0.25, -0.2) is 0 Å². The quantitative estimate of drug-likeness (QED) is 0.154. The third-order valence-corrected chi connectivity index (χ3v) is 10.1. The van der Waals surface area contributed by atoms with Crippen LogP contribution in [0.5, 0.6) is 11.5 Å². The highest BCUT2D eigenvalue weighted by atomic mass is 19.3. The van der Waals surface area contributed by atoms with Gasteiger partial charge in [0.1, 0.15) is 18.1 Å². The van der Waals surface area contributed by atoms with Crippen molar-refractivity contribution in [2.45, 2.75) is 39.1 Å². The van der Waals surface area contributed by atoms with Gasteiger partial charge in [0.05, 0.1) is 24.3 Å². The van der Waals surface area contributed by atoms with E-state index in [0.717, 1.165) is 24.2 Å². The Bertz CT molecular complexity index is 2060. The summed E-state index contributed by atoms with van der Waals surface area (Å²) in [5.74, 6) is -0.0712. The van der Waals surface area contributed by atoms with E-state index >= 15 is 0 Å². The van der Waals surface area contributed by atoms with Crippen LogP contribution < -0.4 is 14.8 Å². The first-order valence-electron chi connectivity index (χ1n) is 17.7. The monoisotopic (exact) mass is 720 g/mol. The van der Waals surface area contributed by atoms with Crippen LogP contribution in [-0.2, 0) is 31.4 Å². The summed E-state index contributed by atoms with van der Waals surface area (Å²) in [5, 5.41) is 2.97. The number of aromatic nitrogens is 1. The average molecular weight is 721 g/mol. The highest BCUT2D eigenvalue weighted by Crippen LogP contribution is 2.34. The lowest BCUT2D eigenvalue weighted by atomic mass is 9.92. The first-order chi connectivity index (χ1) is 25.7. The Morgan fingerprint density at radius 1 is 0.868 bits per heavy atom. The third kappa shape index (κ3) is 8.27. The summed E-state index contributed by atoms with van der Waals surface area (Å²) < 4.78 is 45.0. The molecule has 274 valence electrons. The van der Waals surface area contributed by atoms with Gasteiger partial charge in [-0.3, -0.25) is 14.5 Å². The number of benzene rings is 4. The number of ether oxygens (including phenoxy) is 3. The van der Waals surface area contributed by atoms with Crippen molar-refractivity contribution in [3.05, 3.63) is 137 Å². The molecule has 7 rings (SSSR count). The van der Waals surface area contributed by atoms with Gasteiger partial charge in [0.25, 0.3) is 11.8 Å². The molecule has 9 nitrogen and oxygen atoms in total. The molecule has 1 fully saturated rings. The number of carbonyl (C=O) groups excluding carboxylic acids is 2. The third-order valence-electron chi connectivity index (χ3n) is 10.1. The first-order valence-corrected chi connectivity index (χ1v) is 17.7. The van der Waals surface area contributed by atoms with E-state index in [1.165, 1.54) is 17.7 Å². The van der Waals surface area contributed by atoms with Crippen LogP contribution in [0.25, 0.3) is 11.3 Å². The van der Waals surface area contributed by atoms with E-state index in [2.05, 4.69) is 16.3 Å². The van der Waals surface area contributed by atoms with Gasteiger partial charge in [0, 0.05) is 61.9 Å². The van der Waals surface area contributed by atoms with E-state index in [-0.39, 0.29) is 29.2 Å². The largest absolute Gasteiger partial charge is 0.489 e. The van der Waals surface area contributed by atoms with Crippen LogP contribution in [-0.4, -0.2) is 71.7 Å². The lowest BCUT2D eigenvalue weighted by Crippen LogP contribution is -2.52. The van der Waals surface area contributed by atoms with Crippen LogP contribution in [0.15, 0.2) is 103 Å². The van der Waals surface area contributed by atoms with Gasteiger partial charge in [-0.2, -0.15) is 8.78 Å². The fourth-order valence-corrected chi connectivity index (χ4v) is 7.09. The zero-order valence-corrected chi connectivity index (χ0v) is 29.8. The van der Waals surface area contributed by atoms with Crippen LogP contribution in [0.4, 0.5) is 14.5 Å². The molecule has 53 heavy (non-hydrogen) atoms. The van der Waals surface area contributed by atoms with Crippen molar-refractivity contribution >= 4 is 17.5 Å². The Kier molecular flexibility index (Phi) is 10.8. The molecule has 2 aliphatic rings. The lowest BCUT2D eigenvalue weighted by molar-refractivity contribution is -0.0499. The van der Waals surface area contributed by atoms with Crippen LogP contribution in [0.2, 0.25) is 0 Å². The maximum Gasteiger partial charge on any atom is 0.387 e. The summed E-state index contributed by atoms with van der Waals surface area (Å²) in [7, 11) is 1.82. The van der Waals surface area contributed by atoms with Crippen molar-refractivity contribution < 1.29 is 32.6 Å². The molecule has 5 aromatic rings. The molecular weight excluding hydrogens is 678 g/mol. The number of morpholine rings is 1. The van der Waals surface area contributed by atoms with Gasteiger partial charge in [-0.1, -0.05) is 54.6 Å². The first kappa shape index (κ1) is 35.9. The summed E-state index contributed by atoms with van der Waals surface area (Å²) in [6, 6.07) is 31.1. The van der Waals surface area contributed by atoms with E-state index in [1.807, 2.05) is 72.0 Å². The Morgan fingerprint density at radius 2 is 1.57 bits per heavy atom. The molecule has 1 aromatic heterocycles. The second-order valence-corrected chi connectivity index (χ2v) is 13.4. The fraction of sp³-hybridized carbons (Fsp3) is 0.286. The van der Waals surface area contributed by atoms with Crippen molar-refractivity contribution in [1.82, 2.24) is 14.4 Å². The van der Waals surface area contributed by atoms with E-state index in [0.29, 0.717) is 73.3 Å². The lowest BCUT2D eigenvalue weighted by Gasteiger charge is -2.40. The Morgan fingerprint density at radius 3 is 2.30 bits per heavy atom. The Balaban J connectivity index is 1.16. The zero-order valence-electron chi connectivity index (χ0n) is 29.8. The number of amides is 2. The van der Waals surface area contributed by atoms with Crippen LogP contribution in [0, 0.1) is 6.92 Å². The van der Waals surface area contributed by atoms with Gasteiger partial charge in [-0.05, 0) is 78.6 Å². The number of rotatable bonds is 11. The number of hydrogen-bond acceptors (Lipinski definition) is 6. The van der Waals surface area contributed by atoms with Gasteiger partial charge < -0.3 is 29.0 Å². The van der Waals surface area contributed by atoms with Crippen LogP contribution in [0.1, 0.15) is 43.1 Å². The number of halogens is 2. The molecule has 11 heteroatoms. The molecule has 2 amide bonds. The molecule has 1 saturated heterocycles. The summed E-state index contributed by atoms with van der Waals surface area (Å²) in [6.07, 6.45) is 0.662. The minimum atomic E-state index is -3.06. The molecule has 1 atom stereocenters. The highest BCUT2D eigenvalue weighted by Gasteiger charge is 2.34. The topological polar surface area (TPSA) is 85.3 Å². The van der Waals surface area contributed by atoms with Crippen molar-refractivity contribution in [3.63, 3.8) is 0 Å². The van der Waals surface area contributed by atoms with Gasteiger partial charge >= 0.3 is 6.61 Å². The van der Waals surface area contributed by atoms with Crippen LogP contribution in [0.3, 0.4) is 0 Å². The summed E-state index contributed by atoms with van der Waals surface area (Å²) >= 11 is 0. The number of nitrogens with one attached hydrogen (secondary N) is 1. The van der Waals surface area contributed by atoms with Gasteiger partial charge in [0.15, 0.2) is 0 Å². The normalized spacial score (nSPS) is 15.9. The molecule has 0 bridgehead atoms. The Hall–Kier alpha value is -5.52. The second-order valence-electron chi connectivity index (χ2n) is 13.4. The van der Waals surface area contributed by atoms with Crippen molar-refractivity contribution in [2.24, 2.45) is 7.05 Å². The molecule has 0 unspecified atom stereocenters. The number of hydrogen-bond donors (Lipinski definition) is 1. The molecule has 3 heterocycles. The molecule has 0 spiro atoms. The standard InChI is InChI=1S/C42H42F2N4O5/c1-28-37(40(49)45-32-12-14-34(15-13-32)52-27-29-8-4-3-5-9-29)24-39(46(28)2)36-17-16-35(53-42(43)44)23-38(36)41(50)48-25-31-11-7-6-10-30(31)22-33(48)26-47-18-20-51-21-19-47/h3-17,23-24,33,42H,18-22,25-27H2,1-2H3,(H,45,49)/t33-/m0/s1. The SMILES string of the molecule is Cc1c(C(=O)Nc2ccc(OCc3ccccc3)cc2)cc(-c2ccc(OC(F)F)cc2C(=O)N2Cc3ccccc3C[C@H]2CN2CCOCC2)n1C. The predicted octanol–water partition coefficient (Wildman–Crippen LogP) is 7.33. The average Bonchev–Trinajstić information content (AvgIpc) is 3.47. The molecule has 1 N–H and O–H groups in total.